The van der Waals surface area contributed by atoms with Crippen LogP contribution in [0.2, 0.25) is 0 Å². The van der Waals surface area contributed by atoms with E-state index in [2.05, 4.69) is 32.8 Å². The predicted molar refractivity (Wildman–Crippen MR) is 122 cm³/mol. The fourth-order valence-corrected chi connectivity index (χ4v) is 4.74. The van der Waals surface area contributed by atoms with E-state index in [1.54, 1.807) is 16.8 Å². The van der Waals surface area contributed by atoms with Gasteiger partial charge in [0.2, 0.25) is 0 Å². The van der Waals surface area contributed by atoms with E-state index in [9.17, 15) is 8.42 Å². The van der Waals surface area contributed by atoms with Crippen molar-refractivity contribution in [1.29, 1.82) is 0 Å². The maximum absolute atomic E-state index is 13.6. The maximum Gasteiger partial charge on any atom is 0.264 e. The Morgan fingerprint density at radius 1 is 0.867 bits per heavy atom. The standard InChI is InChI=1S/C24H31N3O2S/c1-6-26-16-15-22(25-26)17-27(23-11-7-20(8-12-23)18(2)3)30(28,29)24-13-9-21(10-14-24)19(4)5/h7-16,18-19H,6,17H2,1-5H3. The SMILES string of the molecule is CCn1ccc(CN(c2ccc(C(C)C)cc2)S(=O)(=O)c2ccc(C(C)C)cc2)n1. The van der Waals surface area contributed by atoms with Crippen LogP contribution in [-0.4, -0.2) is 18.2 Å². The summed E-state index contributed by atoms with van der Waals surface area (Å²) in [6, 6.07) is 16.8. The molecule has 0 radical (unpaired) electrons. The van der Waals surface area contributed by atoms with Crippen LogP contribution < -0.4 is 4.31 Å². The average molecular weight is 426 g/mol. The van der Waals surface area contributed by atoms with Crippen LogP contribution in [0.4, 0.5) is 5.69 Å². The van der Waals surface area contributed by atoms with Crippen molar-refractivity contribution in [3.8, 4) is 0 Å². The summed E-state index contributed by atoms with van der Waals surface area (Å²) in [5.74, 6) is 0.729. The molecule has 3 aromatic rings. The highest BCUT2D eigenvalue weighted by atomic mass is 32.2. The quantitative estimate of drug-likeness (QED) is 0.476. The molecule has 3 rings (SSSR count). The highest BCUT2D eigenvalue weighted by Gasteiger charge is 2.26. The van der Waals surface area contributed by atoms with Gasteiger partial charge in [0.15, 0.2) is 0 Å². The van der Waals surface area contributed by atoms with E-state index in [1.165, 1.54) is 9.87 Å². The van der Waals surface area contributed by atoms with Crippen LogP contribution in [0.25, 0.3) is 0 Å². The molecule has 0 saturated carbocycles. The second-order valence-corrected chi connectivity index (χ2v) is 10.0. The van der Waals surface area contributed by atoms with E-state index in [0.717, 1.165) is 12.1 Å². The number of anilines is 1. The Hall–Kier alpha value is -2.60. The van der Waals surface area contributed by atoms with E-state index in [0.29, 0.717) is 23.2 Å². The van der Waals surface area contributed by atoms with Gasteiger partial charge >= 0.3 is 0 Å². The van der Waals surface area contributed by atoms with Gasteiger partial charge in [-0.2, -0.15) is 5.10 Å². The fourth-order valence-electron chi connectivity index (χ4n) is 3.30. The molecule has 160 valence electrons. The minimum Gasteiger partial charge on any atom is -0.273 e. The lowest BCUT2D eigenvalue weighted by Crippen LogP contribution is -2.31. The maximum atomic E-state index is 13.6. The normalized spacial score (nSPS) is 12.0. The molecule has 30 heavy (non-hydrogen) atoms. The molecule has 5 nitrogen and oxygen atoms in total. The van der Waals surface area contributed by atoms with Crippen LogP contribution >= 0.6 is 0 Å². The molecule has 0 saturated heterocycles. The van der Waals surface area contributed by atoms with Crippen molar-refractivity contribution in [2.24, 2.45) is 0 Å². The highest BCUT2D eigenvalue weighted by Crippen LogP contribution is 2.28. The van der Waals surface area contributed by atoms with Gasteiger partial charge in [-0.25, -0.2) is 8.42 Å². The van der Waals surface area contributed by atoms with Crippen molar-refractivity contribution in [3.63, 3.8) is 0 Å². The lowest BCUT2D eigenvalue weighted by Gasteiger charge is -2.24. The van der Waals surface area contributed by atoms with Crippen LogP contribution in [0.5, 0.6) is 0 Å². The number of hydrogen-bond donors (Lipinski definition) is 0. The van der Waals surface area contributed by atoms with Gasteiger partial charge in [0.25, 0.3) is 10.0 Å². The van der Waals surface area contributed by atoms with Gasteiger partial charge in [-0.15, -0.1) is 0 Å². The van der Waals surface area contributed by atoms with E-state index >= 15 is 0 Å². The number of rotatable bonds is 8. The third kappa shape index (κ3) is 4.75. The smallest absolute Gasteiger partial charge is 0.264 e. The fraction of sp³-hybridized carbons (Fsp3) is 0.375. The summed E-state index contributed by atoms with van der Waals surface area (Å²) >= 11 is 0. The third-order valence-corrected chi connectivity index (χ3v) is 7.10. The van der Waals surface area contributed by atoms with Gasteiger partial charge in [-0.1, -0.05) is 52.0 Å². The Morgan fingerprint density at radius 2 is 1.40 bits per heavy atom. The Labute approximate surface area is 180 Å². The van der Waals surface area contributed by atoms with Crippen molar-refractivity contribution in [2.45, 2.75) is 64.4 Å². The number of sulfonamides is 1. The molecule has 0 bridgehead atoms. The molecule has 6 heteroatoms. The van der Waals surface area contributed by atoms with Gasteiger partial charge in [-0.3, -0.25) is 8.99 Å². The van der Waals surface area contributed by atoms with Gasteiger partial charge in [0, 0.05) is 12.7 Å². The molecule has 0 aliphatic carbocycles. The Bertz CT molecular complexity index is 1070. The van der Waals surface area contributed by atoms with Gasteiger partial charge in [-0.05, 0) is 60.2 Å². The minimum atomic E-state index is -3.74. The third-order valence-electron chi connectivity index (χ3n) is 5.31. The van der Waals surface area contributed by atoms with Crippen LogP contribution in [0.1, 0.15) is 63.3 Å². The largest absolute Gasteiger partial charge is 0.273 e. The van der Waals surface area contributed by atoms with Crippen LogP contribution in [0.15, 0.2) is 65.7 Å². The topological polar surface area (TPSA) is 55.2 Å². The van der Waals surface area contributed by atoms with Crippen molar-refractivity contribution in [2.75, 3.05) is 4.31 Å². The summed E-state index contributed by atoms with van der Waals surface area (Å²) in [5.41, 5.74) is 3.64. The lowest BCUT2D eigenvalue weighted by molar-refractivity contribution is 0.588. The van der Waals surface area contributed by atoms with Gasteiger partial charge in [0.05, 0.1) is 22.8 Å². The highest BCUT2D eigenvalue weighted by molar-refractivity contribution is 7.92. The summed E-state index contributed by atoms with van der Waals surface area (Å²) in [4.78, 5) is 0.287. The molecule has 0 N–H and O–H groups in total. The summed E-state index contributed by atoms with van der Waals surface area (Å²) in [7, 11) is -3.74. The number of hydrogen-bond acceptors (Lipinski definition) is 3. The Morgan fingerprint density at radius 3 is 1.87 bits per heavy atom. The zero-order valence-corrected chi connectivity index (χ0v) is 19.2. The van der Waals surface area contributed by atoms with Crippen LogP contribution in [0, 0.1) is 0 Å². The van der Waals surface area contributed by atoms with E-state index in [1.807, 2.05) is 55.6 Å². The number of aromatic nitrogens is 2. The molecule has 1 heterocycles. The van der Waals surface area contributed by atoms with Crippen molar-refractivity contribution >= 4 is 15.7 Å². The first-order valence-corrected chi connectivity index (χ1v) is 11.9. The first kappa shape index (κ1) is 22.1. The molecule has 0 amide bonds. The summed E-state index contributed by atoms with van der Waals surface area (Å²) in [5, 5.41) is 4.49. The second kappa shape index (κ2) is 9.04. The molecular formula is C24H31N3O2S. The lowest BCUT2D eigenvalue weighted by atomic mass is 10.0. The molecule has 0 unspecified atom stereocenters. The molecule has 1 aromatic heterocycles. The average Bonchev–Trinajstić information content (AvgIpc) is 3.20. The zero-order chi connectivity index (χ0) is 21.9. The van der Waals surface area contributed by atoms with Gasteiger partial charge < -0.3 is 0 Å². The second-order valence-electron chi connectivity index (χ2n) is 8.14. The van der Waals surface area contributed by atoms with Crippen LogP contribution in [-0.2, 0) is 23.1 Å². The monoisotopic (exact) mass is 425 g/mol. The number of nitrogens with zero attached hydrogens (tertiary/aromatic N) is 3. The molecule has 2 aromatic carbocycles. The van der Waals surface area contributed by atoms with Crippen molar-refractivity contribution in [1.82, 2.24) is 9.78 Å². The predicted octanol–water partition coefficient (Wildman–Crippen LogP) is 5.55. The summed E-state index contributed by atoms with van der Waals surface area (Å²) in [6.45, 7) is 11.4. The molecule has 0 aliphatic rings. The summed E-state index contributed by atoms with van der Waals surface area (Å²) in [6.07, 6.45) is 1.87. The van der Waals surface area contributed by atoms with Crippen molar-refractivity contribution < 1.29 is 8.42 Å². The molecule has 0 aliphatic heterocycles. The molecule has 0 spiro atoms. The minimum absolute atomic E-state index is 0.183. The number of aryl methyl sites for hydroxylation is 1. The molecule has 0 atom stereocenters. The van der Waals surface area contributed by atoms with Gasteiger partial charge in [0.1, 0.15) is 0 Å². The molecular weight excluding hydrogens is 394 g/mol. The first-order valence-electron chi connectivity index (χ1n) is 10.5. The van der Waals surface area contributed by atoms with E-state index < -0.39 is 10.0 Å². The summed E-state index contributed by atoms with van der Waals surface area (Å²) < 4.78 is 30.5. The van der Waals surface area contributed by atoms with E-state index in [4.69, 9.17) is 0 Å². The Kier molecular flexibility index (Phi) is 6.66. The van der Waals surface area contributed by atoms with Crippen LogP contribution in [0.3, 0.4) is 0 Å². The zero-order valence-electron chi connectivity index (χ0n) is 18.4. The number of benzene rings is 2. The first-order chi connectivity index (χ1) is 14.2. The Balaban J connectivity index is 2.02. The van der Waals surface area contributed by atoms with E-state index in [-0.39, 0.29) is 11.4 Å². The molecule has 0 fully saturated rings. The van der Waals surface area contributed by atoms with Crippen molar-refractivity contribution in [3.05, 3.63) is 77.6 Å².